The van der Waals surface area contributed by atoms with Gasteiger partial charge in [0.2, 0.25) is 0 Å². The summed E-state index contributed by atoms with van der Waals surface area (Å²) in [5.41, 5.74) is 4.25. The number of nitrogens with one attached hydrogen (secondary N) is 1. The first-order valence-electron chi connectivity index (χ1n) is 11.9. The average Bonchev–Trinajstić information content (AvgIpc) is 3.19. The highest BCUT2D eigenvalue weighted by molar-refractivity contribution is 5.93. The van der Waals surface area contributed by atoms with Crippen molar-refractivity contribution < 1.29 is 18.8 Å². The summed E-state index contributed by atoms with van der Waals surface area (Å²) in [6.07, 6.45) is 6.44. The number of amides is 1. The van der Waals surface area contributed by atoms with Crippen LogP contribution >= 0.6 is 0 Å². The van der Waals surface area contributed by atoms with Gasteiger partial charge in [-0.05, 0) is 22.3 Å². The molecule has 1 aromatic heterocycles. The second-order valence-corrected chi connectivity index (χ2v) is 9.69. The lowest BCUT2D eigenvalue weighted by Crippen LogP contribution is -2.66. The molecule has 2 aromatic carbocycles. The lowest BCUT2D eigenvalue weighted by Gasteiger charge is -2.51. The zero-order valence-corrected chi connectivity index (χ0v) is 18.9. The van der Waals surface area contributed by atoms with E-state index in [1.54, 1.807) is 18.6 Å². The molecule has 1 atom stereocenters. The highest BCUT2D eigenvalue weighted by atomic mass is 16.5. The molecule has 1 aliphatic carbocycles. The SMILES string of the molecule is O=C(C[N+]12CCC(CC1)[C@@H](OC(=O)C1c3ccccc3-c3ccccc31)C2)Nc1cnccn1. The van der Waals surface area contributed by atoms with Gasteiger partial charge in [-0.1, -0.05) is 48.5 Å². The molecule has 4 heterocycles. The third-order valence-corrected chi connectivity index (χ3v) is 7.69. The predicted octanol–water partition coefficient (Wildman–Crippen LogP) is 3.38. The fourth-order valence-corrected chi connectivity index (χ4v) is 6.05. The number of quaternary nitrogens is 1. The van der Waals surface area contributed by atoms with E-state index in [0.717, 1.165) is 48.2 Å². The number of piperidine rings is 3. The maximum absolute atomic E-state index is 13.6. The minimum Gasteiger partial charge on any atom is -0.455 e. The molecule has 3 aromatic rings. The van der Waals surface area contributed by atoms with E-state index in [9.17, 15) is 9.59 Å². The van der Waals surface area contributed by atoms with Gasteiger partial charge in [-0.3, -0.25) is 14.6 Å². The van der Waals surface area contributed by atoms with E-state index >= 15 is 0 Å². The summed E-state index contributed by atoms with van der Waals surface area (Å²) in [4.78, 5) is 34.5. The molecular weight excluding hydrogens is 428 g/mol. The Morgan fingerprint density at radius 2 is 1.65 bits per heavy atom. The predicted molar refractivity (Wildman–Crippen MR) is 127 cm³/mol. The second kappa shape index (κ2) is 8.33. The standard InChI is InChI=1S/C27H26N4O3/c32-25(30-24-15-28-11-12-29-24)17-31-13-9-18(10-14-31)23(16-31)34-27(33)26-21-7-3-1-5-19(21)20-6-2-4-8-22(20)26/h1-8,11-12,15,18,23,26H,9-10,13-14,16-17H2/p+1/t18?,23-,31?/m0/s1. The average molecular weight is 456 g/mol. The molecule has 7 rings (SSSR count). The largest absolute Gasteiger partial charge is 0.455 e. The maximum atomic E-state index is 13.6. The number of nitrogens with zero attached hydrogens (tertiary/aromatic N) is 3. The van der Waals surface area contributed by atoms with E-state index < -0.39 is 5.92 Å². The summed E-state index contributed by atoms with van der Waals surface area (Å²) in [6, 6.07) is 16.2. The molecule has 0 radical (unpaired) electrons. The fourth-order valence-electron chi connectivity index (χ4n) is 6.05. The molecule has 34 heavy (non-hydrogen) atoms. The van der Waals surface area contributed by atoms with Crippen LogP contribution in [0.1, 0.15) is 29.9 Å². The molecule has 2 bridgehead atoms. The highest BCUT2D eigenvalue weighted by Crippen LogP contribution is 2.46. The van der Waals surface area contributed by atoms with Gasteiger partial charge in [-0.2, -0.15) is 0 Å². The number of hydrogen-bond donors (Lipinski definition) is 1. The van der Waals surface area contributed by atoms with Gasteiger partial charge in [-0.25, -0.2) is 4.98 Å². The fraction of sp³-hybridized carbons (Fsp3) is 0.333. The first kappa shape index (κ1) is 21.0. The van der Waals surface area contributed by atoms with Crippen molar-refractivity contribution >= 4 is 17.7 Å². The Bertz CT molecular complexity index is 1190. The number of anilines is 1. The molecule has 7 nitrogen and oxygen atoms in total. The number of carbonyl (C=O) groups is 2. The monoisotopic (exact) mass is 455 g/mol. The molecule has 0 unspecified atom stereocenters. The Morgan fingerprint density at radius 3 is 2.29 bits per heavy atom. The number of benzene rings is 2. The van der Waals surface area contributed by atoms with Gasteiger partial charge >= 0.3 is 5.97 Å². The van der Waals surface area contributed by atoms with E-state index in [4.69, 9.17) is 4.74 Å². The summed E-state index contributed by atoms with van der Waals surface area (Å²) in [5, 5.41) is 2.85. The van der Waals surface area contributed by atoms with Crippen molar-refractivity contribution in [3.8, 4) is 11.1 Å². The molecule has 3 fully saturated rings. The van der Waals surface area contributed by atoms with E-state index in [2.05, 4.69) is 27.4 Å². The molecule has 1 N–H and O–H groups in total. The number of esters is 1. The van der Waals surface area contributed by atoms with Crippen molar-refractivity contribution in [3.63, 3.8) is 0 Å². The van der Waals surface area contributed by atoms with Gasteiger partial charge in [-0.15, -0.1) is 0 Å². The zero-order chi connectivity index (χ0) is 23.1. The molecular formula is C27H27N4O3+. The molecule has 3 saturated heterocycles. The Labute approximate surface area is 198 Å². The first-order chi connectivity index (χ1) is 16.6. The maximum Gasteiger partial charge on any atom is 0.318 e. The lowest BCUT2D eigenvalue weighted by atomic mass is 9.83. The quantitative estimate of drug-likeness (QED) is 0.471. The highest BCUT2D eigenvalue weighted by Gasteiger charge is 2.49. The third kappa shape index (κ3) is 3.66. The van der Waals surface area contributed by atoms with E-state index in [1.165, 1.54) is 0 Å². The van der Waals surface area contributed by atoms with E-state index in [0.29, 0.717) is 29.3 Å². The summed E-state index contributed by atoms with van der Waals surface area (Å²) in [6.45, 7) is 2.90. The van der Waals surface area contributed by atoms with Crippen LogP contribution in [0.15, 0.2) is 67.1 Å². The Morgan fingerprint density at radius 1 is 0.971 bits per heavy atom. The second-order valence-electron chi connectivity index (χ2n) is 9.69. The minimum absolute atomic E-state index is 0.0791. The molecule has 7 heteroatoms. The van der Waals surface area contributed by atoms with E-state index in [1.807, 2.05) is 36.4 Å². The molecule has 172 valence electrons. The van der Waals surface area contributed by atoms with Crippen LogP contribution in [0.5, 0.6) is 0 Å². The van der Waals surface area contributed by atoms with Crippen molar-refractivity contribution in [2.24, 2.45) is 5.92 Å². The van der Waals surface area contributed by atoms with Crippen molar-refractivity contribution in [3.05, 3.63) is 78.2 Å². The number of rotatable bonds is 5. The number of hydrogen-bond acceptors (Lipinski definition) is 5. The van der Waals surface area contributed by atoms with Crippen molar-refractivity contribution in [2.75, 3.05) is 31.5 Å². The Hall–Kier alpha value is -3.58. The van der Waals surface area contributed by atoms with Gasteiger partial charge < -0.3 is 14.5 Å². The van der Waals surface area contributed by atoms with Crippen LogP contribution in [0.3, 0.4) is 0 Å². The van der Waals surface area contributed by atoms with Gasteiger partial charge in [0.1, 0.15) is 12.5 Å². The lowest BCUT2D eigenvalue weighted by molar-refractivity contribution is -0.938. The molecule has 1 amide bonds. The van der Waals surface area contributed by atoms with Crippen LogP contribution < -0.4 is 5.32 Å². The van der Waals surface area contributed by atoms with Gasteiger partial charge in [0.05, 0.1) is 19.3 Å². The number of aromatic nitrogens is 2. The summed E-state index contributed by atoms with van der Waals surface area (Å²) >= 11 is 0. The van der Waals surface area contributed by atoms with Crippen molar-refractivity contribution in [2.45, 2.75) is 24.9 Å². The molecule has 0 saturated carbocycles. The van der Waals surface area contributed by atoms with Crippen LogP contribution in [0, 0.1) is 5.92 Å². The molecule has 0 spiro atoms. The number of ether oxygens (including phenoxy) is 1. The summed E-state index contributed by atoms with van der Waals surface area (Å²) in [5.74, 6) is 0.164. The molecule has 4 aliphatic rings. The smallest absolute Gasteiger partial charge is 0.318 e. The normalized spacial score (nSPS) is 24.8. The van der Waals surface area contributed by atoms with Crippen molar-refractivity contribution in [1.82, 2.24) is 9.97 Å². The van der Waals surface area contributed by atoms with Gasteiger partial charge in [0, 0.05) is 31.2 Å². The number of fused-ring (bicyclic) bond motifs is 6. The Balaban J connectivity index is 1.18. The summed E-state index contributed by atoms with van der Waals surface area (Å²) < 4.78 is 6.89. The topological polar surface area (TPSA) is 81.2 Å². The minimum atomic E-state index is -0.392. The van der Waals surface area contributed by atoms with Gasteiger partial charge in [0.25, 0.3) is 5.91 Å². The Kier molecular flexibility index (Phi) is 5.14. The summed E-state index contributed by atoms with van der Waals surface area (Å²) in [7, 11) is 0. The third-order valence-electron chi connectivity index (χ3n) is 7.69. The zero-order valence-electron chi connectivity index (χ0n) is 18.9. The van der Waals surface area contributed by atoms with Crippen LogP contribution in [0.25, 0.3) is 11.1 Å². The number of carbonyl (C=O) groups excluding carboxylic acids is 2. The van der Waals surface area contributed by atoms with E-state index in [-0.39, 0.29) is 18.0 Å². The first-order valence-corrected chi connectivity index (χ1v) is 11.9. The van der Waals surface area contributed by atoms with Crippen LogP contribution in [0.4, 0.5) is 5.82 Å². The van der Waals surface area contributed by atoms with Crippen LogP contribution in [-0.4, -0.2) is 58.6 Å². The van der Waals surface area contributed by atoms with Crippen LogP contribution in [0.2, 0.25) is 0 Å². The van der Waals surface area contributed by atoms with Crippen molar-refractivity contribution in [1.29, 1.82) is 0 Å². The van der Waals surface area contributed by atoms with Crippen LogP contribution in [-0.2, 0) is 14.3 Å². The van der Waals surface area contributed by atoms with Gasteiger partial charge in [0.15, 0.2) is 18.5 Å². The molecule has 3 aliphatic heterocycles.